The molecule has 77 heavy (non-hydrogen) atoms. The summed E-state index contributed by atoms with van der Waals surface area (Å²) in [7, 11) is 0. The van der Waals surface area contributed by atoms with Crippen LogP contribution in [0.3, 0.4) is 0 Å². The van der Waals surface area contributed by atoms with Crippen molar-refractivity contribution in [3.05, 3.63) is 0 Å². The third kappa shape index (κ3) is 65.1. The van der Waals surface area contributed by atoms with Crippen LogP contribution in [0.15, 0.2) is 0 Å². The summed E-state index contributed by atoms with van der Waals surface area (Å²) in [5, 5.41) is 0. The van der Waals surface area contributed by atoms with Crippen LogP contribution in [0.1, 0.15) is 419 Å². The highest BCUT2D eigenvalue weighted by Gasteiger charge is 2.19. The smallest absolute Gasteiger partial charge is 0.306 e. The van der Waals surface area contributed by atoms with Crippen molar-refractivity contribution in [1.82, 2.24) is 0 Å². The van der Waals surface area contributed by atoms with Crippen LogP contribution < -0.4 is 0 Å². The molecule has 0 bridgehead atoms. The van der Waals surface area contributed by atoms with E-state index in [-0.39, 0.29) is 31.1 Å². The van der Waals surface area contributed by atoms with Crippen molar-refractivity contribution in [2.45, 2.75) is 425 Å². The predicted molar refractivity (Wildman–Crippen MR) is 335 cm³/mol. The van der Waals surface area contributed by atoms with Crippen molar-refractivity contribution in [3.63, 3.8) is 0 Å². The first-order chi connectivity index (χ1) is 38.0. The summed E-state index contributed by atoms with van der Waals surface area (Å²) in [4.78, 5) is 38.2. The van der Waals surface area contributed by atoms with E-state index in [1.807, 2.05) is 0 Å². The molecule has 0 aliphatic heterocycles. The van der Waals surface area contributed by atoms with Gasteiger partial charge < -0.3 is 14.2 Å². The Balaban J connectivity index is 4.02. The average Bonchev–Trinajstić information content (AvgIpc) is 3.43. The molecule has 1 atom stereocenters. The molecule has 458 valence electrons. The molecule has 6 nitrogen and oxygen atoms in total. The van der Waals surface area contributed by atoms with Gasteiger partial charge in [-0.3, -0.25) is 14.4 Å². The zero-order valence-corrected chi connectivity index (χ0v) is 52.8. The molecule has 0 amide bonds. The first kappa shape index (κ1) is 75.4. The first-order valence-corrected chi connectivity index (χ1v) is 35.5. The lowest BCUT2D eigenvalue weighted by atomic mass is 10.0. The number of esters is 3. The fourth-order valence-corrected chi connectivity index (χ4v) is 11.3. The standard InChI is InChI=1S/C71H138O6/c1-4-7-10-13-16-19-21-23-25-27-29-31-33-34-35-36-37-39-40-42-44-46-48-50-52-55-58-61-64-70(73)76-67-68(66-75-69(72)63-60-57-54-18-15-12-9-6-3)77-71(74)65-62-59-56-53-51-49-47-45-43-41-38-32-30-28-26-24-22-20-17-14-11-8-5-2/h68H,4-67H2,1-3H3. The number of unbranched alkanes of at least 4 members (excludes halogenated alkanes) is 56. The molecule has 0 N–H and O–H groups in total. The molecule has 0 aliphatic carbocycles. The van der Waals surface area contributed by atoms with E-state index < -0.39 is 6.10 Å². The topological polar surface area (TPSA) is 78.9 Å². The van der Waals surface area contributed by atoms with Gasteiger partial charge >= 0.3 is 17.9 Å². The fourth-order valence-electron chi connectivity index (χ4n) is 11.3. The van der Waals surface area contributed by atoms with Gasteiger partial charge in [0.15, 0.2) is 6.10 Å². The summed E-state index contributed by atoms with van der Waals surface area (Å²) >= 11 is 0. The van der Waals surface area contributed by atoms with Gasteiger partial charge in [-0.2, -0.15) is 0 Å². The molecule has 0 rings (SSSR count). The first-order valence-electron chi connectivity index (χ1n) is 35.5. The van der Waals surface area contributed by atoms with Gasteiger partial charge in [0, 0.05) is 19.3 Å². The summed E-state index contributed by atoms with van der Waals surface area (Å²) in [5.74, 6) is -0.829. The van der Waals surface area contributed by atoms with Crippen molar-refractivity contribution in [1.29, 1.82) is 0 Å². The molecule has 0 aliphatic rings. The Morgan fingerprint density at radius 2 is 0.351 bits per heavy atom. The molecule has 0 saturated carbocycles. The molecule has 6 heteroatoms. The van der Waals surface area contributed by atoms with Crippen LogP contribution in [0.5, 0.6) is 0 Å². The fraction of sp³-hybridized carbons (Fsp3) is 0.958. The van der Waals surface area contributed by atoms with Crippen molar-refractivity contribution in [2.75, 3.05) is 13.2 Å². The van der Waals surface area contributed by atoms with Gasteiger partial charge in [0.1, 0.15) is 13.2 Å². The van der Waals surface area contributed by atoms with Gasteiger partial charge in [-0.1, -0.05) is 380 Å². The molecule has 1 unspecified atom stereocenters. The Bertz CT molecular complexity index is 1160. The van der Waals surface area contributed by atoms with Crippen LogP contribution in [0.2, 0.25) is 0 Å². The minimum atomic E-state index is -0.762. The van der Waals surface area contributed by atoms with E-state index in [4.69, 9.17) is 14.2 Å². The number of rotatable bonds is 67. The lowest BCUT2D eigenvalue weighted by molar-refractivity contribution is -0.167. The van der Waals surface area contributed by atoms with Gasteiger partial charge in [0.25, 0.3) is 0 Å². The summed E-state index contributed by atoms with van der Waals surface area (Å²) in [6.07, 6.45) is 78.8. The molecule has 0 aromatic rings. The van der Waals surface area contributed by atoms with E-state index in [9.17, 15) is 14.4 Å². The van der Waals surface area contributed by atoms with E-state index in [2.05, 4.69) is 20.8 Å². The Morgan fingerprint density at radius 1 is 0.208 bits per heavy atom. The lowest BCUT2D eigenvalue weighted by Gasteiger charge is -2.18. The minimum absolute atomic E-state index is 0.0610. The molecule has 0 fully saturated rings. The maximum Gasteiger partial charge on any atom is 0.306 e. The van der Waals surface area contributed by atoms with Gasteiger partial charge in [-0.15, -0.1) is 0 Å². The minimum Gasteiger partial charge on any atom is -0.462 e. The molecule has 0 aromatic carbocycles. The van der Waals surface area contributed by atoms with E-state index in [0.29, 0.717) is 19.3 Å². The lowest BCUT2D eigenvalue weighted by Crippen LogP contribution is -2.30. The van der Waals surface area contributed by atoms with Crippen molar-refractivity contribution < 1.29 is 28.6 Å². The van der Waals surface area contributed by atoms with Crippen LogP contribution >= 0.6 is 0 Å². The highest BCUT2D eigenvalue weighted by molar-refractivity contribution is 5.71. The van der Waals surface area contributed by atoms with Crippen molar-refractivity contribution in [3.8, 4) is 0 Å². The van der Waals surface area contributed by atoms with Gasteiger partial charge in [0.2, 0.25) is 0 Å². The average molecular weight is 1090 g/mol. The van der Waals surface area contributed by atoms with Gasteiger partial charge in [-0.05, 0) is 19.3 Å². The van der Waals surface area contributed by atoms with Crippen molar-refractivity contribution in [2.24, 2.45) is 0 Å². The molecule has 0 heterocycles. The van der Waals surface area contributed by atoms with Gasteiger partial charge in [0.05, 0.1) is 0 Å². The van der Waals surface area contributed by atoms with Crippen LogP contribution in [0, 0.1) is 0 Å². The summed E-state index contributed by atoms with van der Waals surface area (Å²) in [6.45, 7) is 6.71. The molecule has 0 aromatic heterocycles. The molecular formula is C71H138O6. The highest BCUT2D eigenvalue weighted by Crippen LogP contribution is 2.20. The molecule has 0 spiro atoms. The Labute approximate surface area is 482 Å². The Morgan fingerprint density at radius 3 is 0.519 bits per heavy atom. The molecule has 0 saturated heterocycles. The second-order valence-electron chi connectivity index (χ2n) is 24.5. The maximum absolute atomic E-state index is 12.9. The van der Waals surface area contributed by atoms with Crippen LogP contribution in [0.4, 0.5) is 0 Å². The number of hydrogen-bond donors (Lipinski definition) is 0. The normalized spacial score (nSPS) is 11.9. The number of carbonyl (C=O) groups excluding carboxylic acids is 3. The number of ether oxygens (including phenoxy) is 3. The molecular weight excluding hydrogens is 949 g/mol. The molecule has 0 radical (unpaired) electrons. The zero-order valence-electron chi connectivity index (χ0n) is 52.8. The summed E-state index contributed by atoms with van der Waals surface area (Å²) < 4.78 is 16.9. The van der Waals surface area contributed by atoms with Crippen LogP contribution in [0.25, 0.3) is 0 Å². The number of carbonyl (C=O) groups is 3. The largest absolute Gasteiger partial charge is 0.462 e. The summed E-state index contributed by atoms with van der Waals surface area (Å²) in [5.41, 5.74) is 0. The highest BCUT2D eigenvalue weighted by atomic mass is 16.6. The van der Waals surface area contributed by atoms with E-state index in [1.165, 1.54) is 321 Å². The second kappa shape index (κ2) is 66.9. The van der Waals surface area contributed by atoms with Crippen molar-refractivity contribution >= 4 is 17.9 Å². The van der Waals surface area contributed by atoms with E-state index in [0.717, 1.165) is 57.8 Å². The van der Waals surface area contributed by atoms with Gasteiger partial charge in [-0.25, -0.2) is 0 Å². The Hall–Kier alpha value is -1.59. The van der Waals surface area contributed by atoms with Crippen LogP contribution in [-0.2, 0) is 28.6 Å². The zero-order chi connectivity index (χ0) is 55.7. The third-order valence-electron chi connectivity index (χ3n) is 16.6. The Kier molecular flexibility index (Phi) is 65.5. The maximum atomic E-state index is 12.9. The summed E-state index contributed by atoms with van der Waals surface area (Å²) in [6, 6.07) is 0. The monoisotopic (exact) mass is 1090 g/mol. The van der Waals surface area contributed by atoms with E-state index >= 15 is 0 Å². The SMILES string of the molecule is CCCCCCCCCCCCCCCCCCCCCCCCCCCCCCC(=O)OCC(COC(=O)CCCCCCCCCC)OC(=O)CCCCCCCCCCCCCCCCCCCCCCCCC. The second-order valence-corrected chi connectivity index (χ2v) is 24.5. The predicted octanol–water partition coefficient (Wildman–Crippen LogP) is 24.2. The third-order valence-corrected chi connectivity index (χ3v) is 16.6. The van der Waals surface area contributed by atoms with Crippen LogP contribution in [-0.4, -0.2) is 37.2 Å². The van der Waals surface area contributed by atoms with E-state index in [1.54, 1.807) is 0 Å². The quantitative estimate of drug-likeness (QED) is 0.0343. The number of hydrogen-bond acceptors (Lipinski definition) is 6.